The number of carbonyl (C=O) groups excluding carboxylic acids is 9. The van der Waals surface area contributed by atoms with Gasteiger partial charge in [-0.25, -0.2) is 24.1 Å². The molecule has 80 heavy (non-hydrogen) atoms. The van der Waals surface area contributed by atoms with Crippen molar-refractivity contribution < 1.29 is 62.1 Å². The maximum atomic E-state index is 15.4. The molecule has 3 aliphatic heterocycles. The lowest BCUT2D eigenvalue weighted by Crippen LogP contribution is -2.52. The van der Waals surface area contributed by atoms with Crippen molar-refractivity contribution in [3.63, 3.8) is 0 Å². The number of nitrogens with zero attached hydrogens (tertiary/aromatic N) is 4. The molecule has 1 fully saturated rings. The molecule has 8 amide bonds. The predicted octanol–water partition coefficient (Wildman–Crippen LogP) is 2.34. The van der Waals surface area contributed by atoms with Crippen molar-refractivity contribution in [3.8, 4) is 11.4 Å². The Hall–Kier alpha value is -8.35. The maximum Gasteiger partial charge on any atom is 0.343 e. The van der Waals surface area contributed by atoms with Crippen LogP contribution in [0.5, 0.6) is 0 Å². The molecule has 1 aliphatic carbocycles. The van der Waals surface area contributed by atoms with E-state index in [2.05, 4.69) is 36.9 Å². The van der Waals surface area contributed by atoms with Gasteiger partial charge in [-0.1, -0.05) is 69.4 Å². The number of pyridine rings is 3. The van der Waals surface area contributed by atoms with Crippen molar-refractivity contribution in [1.29, 1.82) is 0 Å². The fraction of sp³-hybridized carbons (Fsp3) is 0.393. The molecule has 22 nitrogen and oxygen atoms in total. The molecule has 4 aliphatic rings. The molecule has 418 valence electrons. The minimum atomic E-state index is -1.92. The third kappa shape index (κ3) is 11.5. The van der Waals surface area contributed by atoms with E-state index in [9.17, 15) is 48.3 Å². The molecule has 1 unspecified atom stereocenters. The number of imide groups is 1. The van der Waals surface area contributed by atoms with Crippen molar-refractivity contribution in [2.75, 3.05) is 37.9 Å². The third-order valence-corrected chi connectivity index (χ3v) is 15.4. The van der Waals surface area contributed by atoms with Crippen LogP contribution in [0.2, 0.25) is 0 Å². The summed E-state index contributed by atoms with van der Waals surface area (Å²) in [5.74, 6) is -6.01. The largest absolute Gasteiger partial charge is 0.458 e. The normalized spacial score (nSPS) is 18.2. The third-order valence-electron chi connectivity index (χ3n) is 15.0. The number of cyclic esters (lactones) is 1. The summed E-state index contributed by atoms with van der Waals surface area (Å²) in [6, 6.07) is 13.1. The Morgan fingerprint density at radius 2 is 1.62 bits per heavy atom. The number of carbonyl (C=O) groups is 9. The highest BCUT2D eigenvalue weighted by Gasteiger charge is 2.46. The van der Waals surface area contributed by atoms with Gasteiger partial charge in [0.1, 0.15) is 42.3 Å². The number of hydrogen-bond donors (Lipinski definition) is 7. The molecular formula is C56H59FN10O12S. The topological polar surface area (TPSA) is 298 Å². The highest BCUT2D eigenvalue weighted by Crippen LogP contribution is 2.47. The molecule has 4 atom stereocenters. The summed E-state index contributed by atoms with van der Waals surface area (Å²) < 4.78 is 28.5. The van der Waals surface area contributed by atoms with Crippen molar-refractivity contribution in [3.05, 3.63) is 116 Å². The summed E-state index contributed by atoms with van der Waals surface area (Å²) >= 11 is 5.91. The van der Waals surface area contributed by atoms with Gasteiger partial charge in [-0.15, -0.1) is 0 Å². The number of esters is 1. The highest BCUT2D eigenvalue weighted by atomic mass is 32.1. The number of halogens is 1. The molecule has 5 aromatic rings. The summed E-state index contributed by atoms with van der Waals surface area (Å²) in [6.07, 6.45) is 2.22. The van der Waals surface area contributed by atoms with Gasteiger partial charge in [-0.05, 0) is 72.1 Å². The first-order chi connectivity index (χ1) is 38.3. The summed E-state index contributed by atoms with van der Waals surface area (Å²) in [4.78, 5) is 126. The number of nitrogens with one attached hydrogen (secondary N) is 6. The number of fused-ring (bicyclic) bond motifs is 5. The smallest absolute Gasteiger partial charge is 0.343 e. The summed E-state index contributed by atoms with van der Waals surface area (Å²) in [5.41, 5.74) is 4.18. The first-order valence-corrected chi connectivity index (χ1v) is 26.6. The standard InChI is InChI=1S/C56H59FN10O12S/c1-5-56(77)36-18-41-51-34(24-66(41)54(80)35(36)25-79-55(56)76)50-38(13-12-32-29(4)37(57)19-39(65-51)49(32)50)63-47(72)26-78-27-62-45(70)22-61-52(74)40(15-30-9-7-6-8-10-30)64-46(71)23-60-44(69)21-59-43(68)16-31-11-14-42(58-20-31)67-48(73)17-33(28(2)3)53(67)75/h6-11,14,18-20,28,33,38,40,77H,5,12-13,15-17,21-27H2,1-4H3,(H,59,68)(H,60,69)(H,61,74)(H,62,70)(H,63,72)(H,64,71)/t33?,38-,40+,56+/m1/s1. The van der Waals surface area contributed by atoms with Gasteiger partial charge in [-0.2, -0.15) is 0 Å². The Balaban J connectivity index is 0.744. The maximum absolute atomic E-state index is 15.4. The van der Waals surface area contributed by atoms with Crippen LogP contribution in [0, 0.1) is 29.2 Å². The second-order valence-electron chi connectivity index (χ2n) is 20.5. The Morgan fingerprint density at radius 1 is 0.900 bits per heavy atom. The van der Waals surface area contributed by atoms with Gasteiger partial charge in [0.25, 0.3) is 0 Å². The molecule has 0 saturated carbocycles. The Labute approximate surface area is 463 Å². The van der Waals surface area contributed by atoms with Crippen LogP contribution in [-0.2, 0) is 90.6 Å². The van der Waals surface area contributed by atoms with Gasteiger partial charge in [0.05, 0.1) is 61.5 Å². The van der Waals surface area contributed by atoms with Crippen molar-refractivity contribution >= 4 is 82.2 Å². The van der Waals surface area contributed by atoms with Gasteiger partial charge in [0, 0.05) is 47.2 Å². The lowest BCUT2D eigenvalue weighted by molar-refractivity contribution is -0.172. The van der Waals surface area contributed by atoms with E-state index in [0.29, 0.717) is 67.6 Å². The first kappa shape index (κ1) is 56.4. The van der Waals surface area contributed by atoms with Crippen LogP contribution in [0.15, 0.2) is 60.8 Å². The number of rotatable bonds is 20. The minimum absolute atomic E-state index is 0.0139. The average Bonchev–Trinajstić information content (AvgIpc) is 4.16. The van der Waals surface area contributed by atoms with E-state index in [1.807, 2.05) is 18.4 Å². The molecule has 7 N–H and O–H groups in total. The van der Waals surface area contributed by atoms with Crippen LogP contribution in [0.1, 0.15) is 90.6 Å². The number of aliphatic hydroxyl groups is 1. The SMILES string of the molecule is CC[C@@]1(O)C(=O)OCc2c1cc1n(c2=S)Cc2c-1nc1cc(F)c(C)c3c1c2[C@H](NC(=O)COCNC(=O)CNC(=O)[C@H](Cc1ccccc1)NC(=O)CNC(=O)CNC(=O)Cc1ccc(N2C(=O)CC(C(C)C)C2=O)nc1)CC3. The van der Waals surface area contributed by atoms with Crippen LogP contribution in [0.25, 0.3) is 22.3 Å². The zero-order valence-corrected chi connectivity index (χ0v) is 45.1. The van der Waals surface area contributed by atoms with Gasteiger partial charge in [-0.3, -0.25) is 38.4 Å². The fourth-order valence-corrected chi connectivity index (χ4v) is 10.9. The highest BCUT2D eigenvalue weighted by molar-refractivity contribution is 7.71. The lowest BCUT2D eigenvalue weighted by atomic mass is 9.81. The summed E-state index contributed by atoms with van der Waals surface area (Å²) in [6.45, 7) is 4.83. The second-order valence-corrected chi connectivity index (χ2v) is 20.9. The summed E-state index contributed by atoms with van der Waals surface area (Å²) in [7, 11) is 0. The Bertz CT molecular complexity index is 3450. The van der Waals surface area contributed by atoms with Crippen molar-refractivity contribution in [2.24, 2.45) is 11.8 Å². The average molecular weight is 1120 g/mol. The van der Waals surface area contributed by atoms with Crippen LogP contribution >= 0.6 is 12.2 Å². The minimum Gasteiger partial charge on any atom is -0.458 e. The van der Waals surface area contributed by atoms with Gasteiger partial charge >= 0.3 is 5.97 Å². The van der Waals surface area contributed by atoms with Crippen molar-refractivity contribution in [2.45, 2.75) is 97.1 Å². The molecule has 6 heterocycles. The number of aryl methyl sites for hydroxylation is 1. The Morgan fingerprint density at radius 3 is 2.34 bits per heavy atom. The number of aromatic nitrogens is 3. The number of anilines is 1. The number of ether oxygens (including phenoxy) is 2. The lowest BCUT2D eigenvalue weighted by Gasteiger charge is -2.32. The zero-order chi connectivity index (χ0) is 57.2. The van der Waals surface area contributed by atoms with E-state index in [4.69, 9.17) is 26.7 Å². The monoisotopic (exact) mass is 1110 g/mol. The zero-order valence-electron chi connectivity index (χ0n) is 44.3. The van der Waals surface area contributed by atoms with Gasteiger partial charge < -0.3 is 51.0 Å². The molecule has 2 aromatic carbocycles. The second kappa shape index (κ2) is 23.5. The molecule has 0 spiro atoms. The summed E-state index contributed by atoms with van der Waals surface area (Å²) in [5, 5.41) is 27.6. The molecule has 0 radical (unpaired) electrons. The fourth-order valence-electron chi connectivity index (χ4n) is 10.6. The molecule has 3 aromatic heterocycles. The molecule has 0 bridgehead atoms. The molecular weight excluding hydrogens is 1060 g/mol. The number of hydrogen-bond acceptors (Lipinski definition) is 15. The van der Waals surface area contributed by atoms with E-state index in [0.717, 1.165) is 21.6 Å². The van der Waals surface area contributed by atoms with Crippen LogP contribution in [0.4, 0.5) is 10.2 Å². The van der Waals surface area contributed by atoms with Gasteiger partial charge in [0.2, 0.25) is 47.3 Å². The van der Waals surface area contributed by atoms with E-state index in [-0.39, 0.29) is 62.4 Å². The van der Waals surface area contributed by atoms with Crippen LogP contribution in [-0.4, -0.2) is 112 Å². The van der Waals surface area contributed by atoms with E-state index in [1.54, 1.807) is 56.3 Å². The Kier molecular flexibility index (Phi) is 16.6. The number of amides is 8. The van der Waals surface area contributed by atoms with Crippen LogP contribution < -0.4 is 36.8 Å². The van der Waals surface area contributed by atoms with E-state index >= 15 is 4.39 Å². The predicted molar refractivity (Wildman–Crippen MR) is 286 cm³/mol. The number of benzene rings is 2. The van der Waals surface area contributed by atoms with Gasteiger partial charge in [0.15, 0.2) is 5.60 Å². The van der Waals surface area contributed by atoms with Crippen LogP contribution in [0.3, 0.4) is 0 Å². The molecule has 1 saturated heterocycles. The quantitative estimate of drug-likeness (QED) is 0.0190. The van der Waals surface area contributed by atoms with Crippen molar-refractivity contribution in [1.82, 2.24) is 46.4 Å². The molecule has 9 rings (SSSR count). The first-order valence-electron chi connectivity index (χ1n) is 26.2. The van der Waals surface area contributed by atoms with E-state index < -0.39 is 104 Å². The molecule has 24 heteroatoms. The van der Waals surface area contributed by atoms with E-state index in [1.165, 1.54) is 18.3 Å².